The summed E-state index contributed by atoms with van der Waals surface area (Å²) in [5.41, 5.74) is 2.05. The molecule has 172 valence electrons. The maximum Gasteiger partial charge on any atom is 0.238 e. The summed E-state index contributed by atoms with van der Waals surface area (Å²) in [7, 11) is -3.81. The number of para-hydroxylation sites is 2. The smallest absolute Gasteiger partial charge is 0.238 e. The third kappa shape index (κ3) is 7.25. The minimum Gasteiger partial charge on any atom is -0.325 e. The number of carbonyl (C=O) groups is 2. The first-order valence-corrected chi connectivity index (χ1v) is 11.8. The number of nitrogens with two attached hydrogens (primary N) is 1. The quantitative estimate of drug-likeness (QED) is 0.448. The van der Waals surface area contributed by atoms with E-state index < -0.39 is 10.0 Å². The van der Waals surface area contributed by atoms with Crippen LogP contribution in [0, 0.1) is 0 Å². The van der Waals surface area contributed by atoms with Gasteiger partial charge < -0.3 is 10.6 Å². The van der Waals surface area contributed by atoms with Crippen LogP contribution in [0.2, 0.25) is 0 Å². The first-order chi connectivity index (χ1) is 15.7. The van der Waals surface area contributed by atoms with Gasteiger partial charge in [0.25, 0.3) is 0 Å². The highest BCUT2D eigenvalue weighted by molar-refractivity contribution is 7.89. The number of nitrogens with one attached hydrogen (secondary N) is 2. The molecule has 0 saturated heterocycles. The molecule has 8 nitrogen and oxygen atoms in total. The van der Waals surface area contributed by atoms with Crippen LogP contribution in [0.3, 0.4) is 0 Å². The second-order valence-electron chi connectivity index (χ2n) is 7.52. The van der Waals surface area contributed by atoms with Gasteiger partial charge in [0.15, 0.2) is 0 Å². The average Bonchev–Trinajstić information content (AvgIpc) is 2.79. The lowest BCUT2D eigenvalue weighted by molar-refractivity contribution is -0.120. The maximum atomic E-state index is 12.7. The van der Waals surface area contributed by atoms with E-state index in [2.05, 4.69) is 10.6 Å². The fourth-order valence-electron chi connectivity index (χ4n) is 3.29. The molecule has 0 unspecified atom stereocenters. The topological polar surface area (TPSA) is 122 Å². The molecule has 0 aliphatic carbocycles. The van der Waals surface area contributed by atoms with Gasteiger partial charge in [-0.2, -0.15) is 0 Å². The number of primary sulfonamides is 1. The van der Waals surface area contributed by atoms with Crippen LogP contribution in [0.5, 0.6) is 0 Å². The molecular formula is C24H26N4O4S. The summed E-state index contributed by atoms with van der Waals surface area (Å²) in [6.07, 6.45) is 0. The van der Waals surface area contributed by atoms with Crippen LogP contribution in [-0.4, -0.2) is 38.2 Å². The van der Waals surface area contributed by atoms with Crippen LogP contribution >= 0.6 is 0 Å². The Labute approximate surface area is 193 Å². The third-order valence-electron chi connectivity index (χ3n) is 5.05. The lowest BCUT2D eigenvalue weighted by Gasteiger charge is -2.28. The largest absolute Gasteiger partial charge is 0.325 e. The number of hydrogen-bond acceptors (Lipinski definition) is 5. The Balaban J connectivity index is 1.77. The zero-order chi connectivity index (χ0) is 23.8. The fraction of sp³-hybridized carbons (Fsp3) is 0.167. The molecule has 0 bridgehead atoms. The van der Waals surface area contributed by atoms with Crippen molar-refractivity contribution >= 4 is 33.2 Å². The Hall–Kier alpha value is -3.53. The molecule has 4 N–H and O–H groups in total. The predicted molar refractivity (Wildman–Crippen MR) is 128 cm³/mol. The summed E-state index contributed by atoms with van der Waals surface area (Å²) in [4.78, 5) is 27.1. The van der Waals surface area contributed by atoms with E-state index in [1.54, 1.807) is 41.3 Å². The van der Waals surface area contributed by atoms with Crippen molar-refractivity contribution in [2.45, 2.75) is 17.9 Å². The Morgan fingerprint density at radius 2 is 1.21 bits per heavy atom. The monoisotopic (exact) mass is 466 g/mol. The highest BCUT2D eigenvalue weighted by atomic mass is 32.2. The molecule has 0 radical (unpaired) electrons. The number of amides is 2. The number of rotatable bonds is 9. The van der Waals surface area contributed by atoms with Crippen LogP contribution in [0.4, 0.5) is 11.4 Å². The van der Waals surface area contributed by atoms with Crippen molar-refractivity contribution < 1.29 is 18.0 Å². The summed E-state index contributed by atoms with van der Waals surface area (Å²) in [5, 5.41) is 10.8. The van der Waals surface area contributed by atoms with E-state index in [1.807, 2.05) is 43.3 Å². The molecule has 33 heavy (non-hydrogen) atoms. The van der Waals surface area contributed by atoms with Crippen LogP contribution in [0.15, 0.2) is 89.8 Å². The summed E-state index contributed by atoms with van der Waals surface area (Å²) >= 11 is 0. The SMILES string of the molecule is C[C@@H](c1ccc(S(N)(=O)=O)cc1)N(CC(=O)Nc1ccccc1)CC(=O)Nc1ccccc1. The lowest BCUT2D eigenvalue weighted by Crippen LogP contribution is -2.40. The number of sulfonamides is 1. The Morgan fingerprint density at radius 3 is 1.61 bits per heavy atom. The minimum atomic E-state index is -3.81. The van der Waals surface area contributed by atoms with Gasteiger partial charge in [-0.15, -0.1) is 0 Å². The zero-order valence-corrected chi connectivity index (χ0v) is 19.0. The van der Waals surface area contributed by atoms with Gasteiger partial charge in [0, 0.05) is 17.4 Å². The normalized spacial score (nSPS) is 12.2. The van der Waals surface area contributed by atoms with E-state index in [-0.39, 0.29) is 35.8 Å². The van der Waals surface area contributed by atoms with E-state index in [0.29, 0.717) is 11.4 Å². The lowest BCUT2D eigenvalue weighted by atomic mass is 10.1. The first kappa shape index (κ1) is 24.1. The molecule has 0 saturated carbocycles. The van der Waals surface area contributed by atoms with Gasteiger partial charge in [-0.1, -0.05) is 48.5 Å². The van der Waals surface area contributed by atoms with E-state index in [1.165, 1.54) is 12.1 Å². The molecule has 0 aromatic heterocycles. The van der Waals surface area contributed by atoms with Crippen molar-refractivity contribution in [3.8, 4) is 0 Å². The Kier molecular flexibility index (Phi) is 7.94. The molecule has 3 aromatic carbocycles. The van der Waals surface area contributed by atoms with Crippen molar-refractivity contribution in [2.24, 2.45) is 5.14 Å². The molecule has 3 aromatic rings. The summed E-state index contributed by atoms with van der Waals surface area (Å²) in [5.74, 6) is -0.552. The van der Waals surface area contributed by atoms with E-state index in [9.17, 15) is 18.0 Å². The molecule has 0 aliphatic heterocycles. The van der Waals surface area contributed by atoms with Crippen molar-refractivity contribution in [1.29, 1.82) is 0 Å². The van der Waals surface area contributed by atoms with Gasteiger partial charge in [0.1, 0.15) is 0 Å². The Morgan fingerprint density at radius 1 is 0.788 bits per heavy atom. The Bertz CT molecular complexity index is 1130. The highest BCUT2D eigenvalue weighted by Gasteiger charge is 2.22. The number of nitrogens with zero attached hydrogens (tertiary/aromatic N) is 1. The second kappa shape index (κ2) is 10.9. The maximum absolute atomic E-state index is 12.7. The molecule has 0 fully saturated rings. The van der Waals surface area contributed by atoms with Crippen LogP contribution in [0.25, 0.3) is 0 Å². The molecule has 9 heteroatoms. The zero-order valence-electron chi connectivity index (χ0n) is 18.1. The van der Waals surface area contributed by atoms with Crippen LogP contribution in [0.1, 0.15) is 18.5 Å². The molecule has 0 spiro atoms. The molecule has 2 amide bonds. The number of anilines is 2. The first-order valence-electron chi connectivity index (χ1n) is 10.3. The van der Waals surface area contributed by atoms with Gasteiger partial charge in [-0.3, -0.25) is 14.5 Å². The van der Waals surface area contributed by atoms with Crippen molar-refractivity contribution in [3.63, 3.8) is 0 Å². The molecule has 1 atom stereocenters. The molecular weight excluding hydrogens is 440 g/mol. The van der Waals surface area contributed by atoms with Gasteiger partial charge >= 0.3 is 0 Å². The van der Waals surface area contributed by atoms with E-state index >= 15 is 0 Å². The molecule has 3 rings (SSSR count). The van der Waals surface area contributed by atoms with Crippen molar-refractivity contribution in [1.82, 2.24) is 4.90 Å². The fourth-order valence-corrected chi connectivity index (χ4v) is 3.80. The standard InChI is InChI=1S/C24H26N4O4S/c1-18(19-12-14-22(15-13-19)33(25,31)32)28(16-23(29)26-20-8-4-2-5-9-20)17-24(30)27-21-10-6-3-7-11-21/h2-15,18H,16-17H2,1H3,(H,26,29)(H,27,30)(H2,25,31,32)/t18-/m0/s1. The minimum absolute atomic E-state index is 0.00589. The van der Waals surface area contributed by atoms with E-state index in [0.717, 1.165) is 5.56 Å². The number of benzene rings is 3. The number of hydrogen-bond donors (Lipinski definition) is 3. The summed E-state index contributed by atoms with van der Waals surface area (Å²) < 4.78 is 23.1. The van der Waals surface area contributed by atoms with Crippen LogP contribution < -0.4 is 15.8 Å². The average molecular weight is 467 g/mol. The molecule has 0 heterocycles. The van der Waals surface area contributed by atoms with Crippen molar-refractivity contribution in [3.05, 3.63) is 90.5 Å². The van der Waals surface area contributed by atoms with Crippen molar-refractivity contribution in [2.75, 3.05) is 23.7 Å². The third-order valence-corrected chi connectivity index (χ3v) is 5.98. The number of carbonyl (C=O) groups excluding carboxylic acids is 2. The highest BCUT2D eigenvalue weighted by Crippen LogP contribution is 2.22. The summed E-state index contributed by atoms with van der Waals surface area (Å²) in [6, 6.07) is 23.8. The summed E-state index contributed by atoms with van der Waals surface area (Å²) in [6.45, 7) is 1.75. The van der Waals surface area contributed by atoms with Gasteiger partial charge in [0.05, 0.1) is 18.0 Å². The van der Waals surface area contributed by atoms with Crippen LogP contribution in [-0.2, 0) is 19.6 Å². The van der Waals surface area contributed by atoms with Gasteiger partial charge in [0.2, 0.25) is 21.8 Å². The van der Waals surface area contributed by atoms with Gasteiger partial charge in [-0.25, -0.2) is 13.6 Å². The predicted octanol–water partition coefficient (Wildman–Crippen LogP) is 2.97. The van der Waals surface area contributed by atoms with E-state index in [4.69, 9.17) is 5.14 Å². The molecule has 0 aliphatic rings. The second-order valence-corrected chi connectivity index (χ2v) is 9.08. The van der Waals surface area contributed by atoms with Gasteiger partial charge in [-0.05, 0) is 48.9 Å².